The molecule has 0 spiro atoms. The zero-order valence-electron chi connectivity index (χ0n) is 12.6. The van der Waals surface area contributed by atoms with Crippen LogP contribution in [0.25, 0.3) is 0 Å². The highest BCUT2D eigenvalue weighted by Gasteiger charge is 2.14. The first-order valence-corrected chi connectivity index (χ1v) is 6.87. The van der Waals surface area contributed by atoms with Gasteiger partial charge in [-0.1, -0.05) is 30.3 Å². The Morgan fingerprint density at radius 2 is 1.70 bits per heavy atom. The average molecular weight is 311 g/mol. The van der Waals surface area contributed by atoms with E-state index < -0.39 is 11.9 Å². The molecule has 0 fully saturated rings. The van der Waals surface area contributed by atoms with Crippen molar-refractivity contribution in [2.75, 3.05) is 18.2 Å². The highest BCUT2D eigenvalue weighted by Crippen LogP contribution is 2.16. The molecule has 0 aliphatic rings. The largest absolute Gasteiger partial charge is 0.464 e. The van der Waals surface area contributed by atoms with Crippen molar-refractivity contribution >= 4 is 23.3 Å². The quantitative estimate of drug-likeness (QED) is 0.447. The first-order valence-electron chi connectivity index (χ1n) is 6.87. The first kappa shape index (κ1) is 16.1. The van der Waals surface area contributed by atoms with Gasteiger partial charge in [0.2, 0.25) is 0 Å². The summed E-state index contributed by atoms with van der Waals surface area (Å²) in [4.78, 5) is 24.0. The van der Waals surface area contributed by atoms with Crippen LogP contribution in [-0.2, 0) is 9.53 Å². The molecule has 2 rings (SSSR count). The third kappa shape index (κ3) is 4.34. The number of nitrogens with two attached hydrogens (primary N) is 1. The lowest BCUT2D eigenvalue weighted by Gasteiger charge is -2.10. The molecule has 2 aromatic rings. The second-order valence-electron chi connectivity index (χ2n) is 4.60. The smallest absolute Gasteiger partial charge is 0.356 e. The molecule has 0 atom stereocenters. The van der Waals surface area contributed by atoms with Crippen LogP contribution >= 0.6 is 0 Å². The Morgan fingerprint density at radius 1 is 1.04 bits per heavy atom. The monoisotopic (exact) mass is 311 g/mol. The molecule has 23 heavy (non-hydrogen) atoms. The van der Waals surface area contributed by atoms with Gasteiger partial charge < -0.3 is 21.1 Å². The van der Waals surface area contributed by atoms with Crippen LogP contribution in [0.4, 0.5) is 11.4 Å². The van der Waals surface area contributed by atoms with E-state index in [-0.39, 0.29) is 5.70 Å². The predicted molar refractivity (Wildman–Crippen MR) is 88.5 cm³/mol. The predicted octanol–water partition coefficient (Wildman–Crippen LogP) is 2.13. The molecule has 0 aromatic heterocycles. The van der Waals surface area contributed by atoms with Crippen molar-refractivity contribution in [3.8, 4) is 0 Å². The summed E-state index contributed by atoms with van der Waals surface area (Å²) in [5.74, 6) is -1.08. The van der Waals surface area contributed by atoms with Crippen molar-refractivity contribution in [1.82, 2.24) is 5.32 Å². The number of anilines is 2. The zero-order chi connectivity index (χ0) is 16.7. The van der Waals surface area contributed by atoms with E-state index in [0.717, 1.165) is 0 Å². The van der Waals surface area contributed by atoms with Crippen LogP contribution in [0.1, 0.15) is 10.4 Å². The third-order valence-corrected chi connectivity index (χ3v) is 3.02. The summed E-state index contributed by atoms with van der Waals surface area (Å²) in [6.45, 7) is 0. The van der Waals surface area contributed by atoms with Gasteiger partial charge in [0.25, 0.3) is 5.91 Å². The van der Waals surface area contributed by atoms with E-state index in [1.807, 2.05) is 0 Å². The Hall–Kier alpha value is -3.28. The van der Waals surface area contributed by atoms with Crippen molar-refractivity contribution in [2.45, 2.75) is 0 Å². The van der Waals surface area contributed by atoms with Crippen LogP contribution in [-0.4, -0.2) is 19.0 Å². The van der Waals surface area contributed by atoms with Gasteiger partial charge in [-0.25, -0.2) is 4.79 Å². The van der Waals surface area contributed by atoms with E-state index in [2.05, 4.69) is 15.4 Å². The van der Waals surface area contributed by atoms with E-state index >= 15 is 0 Å². The van der Waals surface area contributed by atoms with Crippen molar-refractivity contribution in [2.24, 2.45) is 0 Å². The summed E-state index contributed by atoms with van der Waals surface area (Å²) in [5.41, 5.74) is 7.35. The lowest BCUT2D eigenvalue weighted by molar-refractivity contribution is -0.136. The van der Waals surface area contributed by atoms with Crippen molar-refractivity contribution < 1.29 is 14.3 Å². The molecular weight excluding hydrogens is 294 g/mol. The fourth-order valence-corrected chi connectivity index (χ4v) is 1.82. The first-order chi connectivity index (χ1) is 11.1. The minimum absolute atomic E-state index is 0.0235. The standard InChI is InChI=1S/C17H17N3O3/c1-23-17(22)15(11-19-14-10-6-5-9-13(14)18)20-16(21)12-7-3-2-4-8-12/h2-11,19H,18H2,1H3,(H,20,21)/b15-11-. The van der Waals surface area contributed by atoms with Gasteiger partial charge in [0.05, 0.1) is 18.5 Å². The molecule has 6 heteroatoms. The van der Waals surface area contributed by atoms with Gasteiger partial charge in [0.15, 0.2) is 0 Å². The van der Waals surface area contributed by atoms with Gasteiger partial charge >= 0.3 is 5.97 Å². The Kier molecular flexibility index (Phi) is 5.35. The van der Waals surface area contributed by atoms with Gasteiger partial charge in [-0.15, -0.1) is 0 Å². The SMILES string of the molecule is COC(=O)/C(=C/Nc1ccccc1N)NC(=O)c1ccccc1. The zero-order valence-corrected chi connectivity index (χ0v) is 12.6. The average Bonchev–Trinajstić information content (AvgIpc) is 2.59. The molecule has 0 aliphatic carbocycles. The number of amides is 1. The molecule has 0 unspecified atom stereocenters. The molecule has 6 nitrogen and oxygen atoms in total. The molecule has 118 valence electrons. The highest BCUT2D eigenvalue weighted by atomic mass is 16.5. The Balaban J connectivity index is 2.17. The number of hydrogen-bond acceptors (Lipinski definition) is 5. The topological polar surface area (TPSA) is 93.4 Å². The number of ether oxygens (including phenoxy) is 1. The number of nitrogen functional groups attached to an aromatic ring is 1. The number of nitrogens with one attached hydrogen (secondary N) is 2. The second kappa shape index (κ2) is 7.65. The number of carbonyl (C=O) groups excluding carboxylic acids is 2. The van der Waals surface area contributed by atoms with Crippen LogP contribution in [0.5, 0.6) is 0 Å². The summed E-state index contributed by atoms with van der Waals surface area (Å²) in [5, 5.41) is 5.40. The summed E-state index contributed by atoms with van der Waals surface area (Å²) >= 11 is 0. The van der Waals surface area contributed by atoms with Gasteiger partial charge in [-0.2, -0.15) is 0 Å². The molecule has 0 radical (unpaired) electrons. The Labute approximate surface area is 133 Å². The number of methoxy groups -OCH3 is 1. The summed E-state index contributed by atoms with van der Waals surface area (Å²) in [7, 11) is 1.24. The van der Waals surface area contributed by atoms with Crippen molar-refractivity contribution in [3.63, 3.8) is 0 Å². The van der Waals surface area contributed by atoms with E-state index in [0.29, 0.717) is 16.9 Å². The lowest BCUT2D eigenvalue weighted by atomic mass is 10.2. The Morgan fingerprint density at radius 3 is 2.35 bits per heavy atom. The van der Waals surface area contributed by atoms with Gasteiger partial charge in [0, 0.05) is 11.8 Å². The van der Waals surface area contributed by atoms with Crippen LogP contribution in [0, 0.1) is 0 Å². The van der Waals surface area contributed by atoms with Crippen LogP contribution < -0.4 is 16.4 Å². The maximum absolute atomic E-state index is 12.1. The molecule has 0 aliphatic heterocycles. The van der Waals surface area contributed by atoms with Gasteiger partial charge in [-0.05, 0) is 24.3 Å². The molecule has 0 heterocycles. The summed E-state index contributed by atoms with van der Waals surface area (Å²) < 4.78 is 4.67. The van der Waals surface area contributed by atoms with Crippen LogP contribution in [0.15, 0.2) is 66.5 Å². The third-order valence-electron chi connectivity index (χ3n) is 3.02. The number of benzene rings is 2. The maximum atomic E-state index is 12.1. The Bertz CT molecular complexity index is 727. The molecule has 1 amide bonds. The number of rotatable bonds is 5. The normalized spacial score (nSPS) is 10.7. The van der Waals surface area contributed by atoms with E-state index in [1.54, 1.807) is 54.6 Å². The molecule has 0 bridgehead atoms. The van der Waals surface area contributed by atoms with Crippen molar-refractivity contribution in [1.29, 1.82) is 0 Å². The van der Waals surface area contributed by atoms with Gasteiger partial charge in [0.1, 0.15) is 5.70 Å². The molecule has 0 saturated carbocycles. The summed E-state index contributed by atoms with van der Waals surface area (Å²) in [6, 6.07) is 15.6. The second-order valence-corrected chi connectivity index (χ2v) is 4.60. The molecular formula is C17H17N3O3. The van der Waals surface area contributed by atoms with E-state index in [1.165, 1.54) is 13.3 Å². The molecule has 2 aromatic carbocycles. The highest BCUT2D eigenvalue weighted by molar-refractivity contribution is 6.01. The van der Waals surface area contributed by atoms with Crippen LogP contribution in [0.3, 0.4) is 0 Å². The van der Waals surface area contributed by atoms with E-state index in [9.17, 15) is 9.59 Å². The maximum Gasteiger partial charge on any atom is 0.356 e. The number of hydrogen-bond donors (Lipinski definition) is 3. The van der Waals surface area contributed by atoms with Crippen molar-refractivity contribution in [3.05, 3.63) is 72.1 Å². The fraction of sp³-hybridized carbons (Fsp3) is 0.0588. The molecule has 0 saturated heterocycles. The number of esters is 1. The van der Waals surface area contributed by atoms with E-state index in [4.69, 9.17) is 5.73 Å². The molecule has 4 N–H and O–H groups in total. The fourth-order valence-electron chi connectivity index (χ4n) is 1.82. The minimum atomic E-state index is -0.670. The lowest BCUT2D eigenvalue weighted by Crippen LogP contribution is -2.28. The van der Waals surface area contributed by atoms with Crippen LogP contribution in [0.2, 0.25) is 0 Å². The van der Waals surface area contributed by atoms with Gasteiger partial charge in [-0.3, -0.25) is 4.79 Å². The number of carbonyl (C=O) groups is 2. The summed E-state index contributed by atoms with van der Waals surface area (Å²) in [6.07, 6.45) is 1.35. The minimum Gasteiger partial charge on any atom is -0.464 e. The number of para-hydroxylation sites is 2.